The van der Waals surface area contributed by atoms with Crippen LogP contribution < -0.4 is 10.6 Å². The molecule has 1 saturated heterocycles. The monoisotopic (exact) mass is 242 g/mol. The van der Waals surface area contributed by atoms with Crippen LogP contribution in [0.2, 0.25) is 0 Å². The molecule has 96 valence electrons. The number of hydrogen-bond donors (Lipinski definition) is 2. The molecule has 0 bridgehead atoms. The minimum Gasteiger partial charge on any atom is -0.444 e. The van der Waals surface area contributed by atoms with Gasteiger partial charge in [-0.15, -0.1) is 0 Å². The molecule has 2 amide bonds. The lowest BCUT2D eigenvalue weighted by Gasteiger charge is -2.29. The van der Waals surface area contributed by atoms with Gasteiger partial charge in [0.25, 0.3) is 0 Å². The van der Waals surface area contributed by atoms with Gasteiger partial charge < -0.3 is 20.2 Å². The van der Waals surface area contributed by atoms with Crippen molar-refractivity contribution in [1.82, 2.24) is 10.6 Å². The molecule has 17 heavy (non-hydrogen) atoms. The molecule has 1 heterocycles. The first kappa shape index (κ1) is 13.5. The van der Waals surface area contributed by atoms with Gasteiger partial charge in [0.05, 0.1) is 12.0 Å². The van der Waals surface area contributed by atoms with Crippen molar-refractivity contribution in [1.29, 1.82) is 0 Å². The molecule has 6 nitrogen and oxygen atoms in total. The Morgan fingerprint density at radius 1 is 1.53 bits per heavy atom. The van der Waals surface area contributed by atoms with E-state index in [0.717, 1.165) is 6.29 Å². The zero-order valence-corrected chi connectivity index (χ0v) is 10.3. The number of alkyl carbamates (subject to hydrolysis) is 1. The van der Waals surface area contributed by atoms with E-state index in [2.05, 4.69) is 10.6 Å². The van der Waals surface area contributed by atoms with Crippen molar-refractivity contribution in [3.8, 4) is 0 Å². The number of piperidine rings is 1. The van der Waals surface area contributed by atoms with E-state index in [-0.39, 0.29) is 18.9 Å². The standard InChI is InChI=1S/C11H18N2O4/c1-11(2,3)17-10(16)13-8-4-9(15)12-5-7(8)6-14/h6-8H,4-5H2,1-3H3,(H,12,15)(H,13,16). The quantitative estimate of drug-likeness (QED) is 0.678. The highest BCUT2D eigenvalue weighted by Crippen LogP contribution is 2.12. The lowest BCUT2D eigenvalue weighted by molar-refractivity contribution is -0.125. The number of ether oxygens (including phenoxy) is 1. The molecule has 2 N–H and O–H groups in total. The Kier molecular flexibility index (Phi) is 4.09. The second-order valence-electron chi connectivity index (χ2n) is 5.06. The van der Waals surface area contributed by atoms with E-state index in [1.165, 1.54) is 0 Å². The molecule has 6 heteroatoms. The zero-order chi connectivity index (χ0) is 13.1. The molecule has 0 aromatic rings. The van der Waals surface area contributed by atoms with Crippen molar-refractivity contribution in [2.75, 3.05) is 6.54 Å². The van der Waals surface area contributed by atoms with Crippen LogP contribution >= 0.6 is 0 Å². The van der Waals surface area contributed by atoms with Crippen LogP contribution in [0.15, 0.2) is 0 Å². The van der Waals surface area contributed by atoms with Gasteiger partial charge in [0.15, 0.2) is 0 Å². The van der Waals surface area contributed by atoms with Crippen LogP contribution in [0.1, 0.15) is 27.2 Å². The Balaban J connectivity index is 2.55. The van der Waals surface area contributed by atoms with Crippen molar-refractivity contribution >= 4 is 18.3 Å². The summed E-state index contributed by atoms with van der Waals surface area (Å²) in [6.45, 7) is 5.49. The predicted octanol–water partition coefficient (Wildman–Crippen LogP) is 0.215. The summed E-state index contributed by atoms with van der Waals surface area (Å²) in [5, 5.41) is 5.13. The predicted molar refractivity (Wildman–Crippen MR) is 60.3 cm³/mol. The number of rotatable bonds is 2. The van der Waals surface area contributed by atoms with E-state index < -0.39 is 23.7 Å². The van der Waals surface area contributed by atoms with Gasteiger partial charge in [-0.2, -0.15) is 0 Å². The minimum atomic E-state index is -0.607. The minimum absolute atomic E-state index is 0.0999. The molecule has 0 aromatic heterocycles. The maximum atomic E-state index is 11.5. The zero-order valence-electron chi connectivity index (χ0n) is 10.3. The van der Waals surface area contributed by atoms with Crippen LogP contribution in [0.25, 0.3) is 0 Å². The number of hydrogen-bond acceptors (Lipinski definition) is 4. The van der Waals surface area contributed by atoms with E-state index in [4.69, 9.17) is 4.74 Å². The molecule has 1 fully saturated rings. The fourth-order valence-corrected chi connectivity index (χ4v) is 1.56. The summed E-state index contributed by atoms with van der Waals surface area (Å²) < 4.78 is 5.07. The van der Waals surface area contributed by atoms with Gasteiger partial charge in [0.1, 0.15) is 11.9 Å². The second-order valence-corrected chi connectivity index (χ2v) is 5.06. The average Bonchev–Trinajstić information content (AvgIpc) is 2.14. The SMILES string of the molecule is CC(C)(C)OC(=O)NC1CC(=O)NCC1C=O. The smallest absolute Gasteiger partial charge is 0.407 e. The molecule has 0 radical (unpaired) electrons. The van der Waals surface area contributed by atoms with Gasteiger partial charge in [0, 0.05) is 13.0 Å². The van der Waals surface area contributed by atoms with Crippen LogP contribution in [0.3, 0.4) is 0 Å². The van der Waals surface area contributed by atoms with Crippen LogP contribution in [-0.2, 0) is 14.3 Å². The van der Waals surface area contributed by atoms with E-state index in [1.54, 1.807) is 20.8 Å². The molecular formula is C11H18N2O4. The molecule has 1 aliphatic rings. The average molecular weight is 242 g/mol. The number of amides is 2. The molecule has 0 aromatic carbocycles. The Morgan fingerprint density at radius 3 is 2.71 bits per heavy atom. The highest BCUT2D eigenvalue weighted by atomic mass is 16.6. The fraction of sp³-hybridized carbons (Fsp3) is 0.727. The molecule has 2 atom stereocenters. The van der Waals surface area contributed by atoms with Crippen molar-refractivity contribution in [2.45, 2.75) is 38.8 Å². The lowest BCUT2D eigenvalue weighted by atomic mass is 9.94. The first-order valence-corrected chi connectivity index (χ1v) is 5.53. The van der Waals surface area contributed by atoms with Crippen molar-refractivity contribution in [3.05, 3.63) is 0 Å². The Hall–Kier alpha value is -1.59. The molecule has 0 spiro atoms. The summed E-state index contributed by atoms with van der Waals surface area (Å²) in [6, 6.07) is -0.490. The van der Waals surface area contributed by atoms with Crippen LogP contribution in [0.5, 0.6) is 0 Å². The van der Waals surface area contributed by atoms with Gasteiger partial charge in [-0.1, -0.05) is 0 Å². The van der Waals surface area contributed by atoms with Crippen LogP contribution in [0.4, 0.5) is 4.79 Å². The molecule has 1 rings (SSSR count). The van der Waals surface area contributed by atoms with E-state index >= 15 is 0 Å². The third-order valence-corrected chi connectivity index (χ3v) is 2.33. The summed E-state index contributed by atoms with van der Waals surface area (Å²) >= 11 is 0. The summed E-state index contributed by atoms with van der Waals surface area (Å²) in [6.07, 6.45) is 0.230. The summed E-state index contributed by atoms with van der Waals surface area (Å²) in [4.78, 5) is 33.5. The fourth-order valence-electron chi connectivity index (χ4n) is 1.56. The third kappa shape index (κ3) is 4.42. The van der Waals surface area contributed by atoms with Crippen molar-refractivity contribution in [2.24, 2.45) is 5.92 Å². The number of carbonyl (C=O) groups excluding carboxylic acids is 3. The molecule has 2 unspecified atom stereocenters. The normalized spacial score (nSPS) is 24.8. The van der Waals surface area contributed by atoms with E-state index in [1.807, 2.05) is 0 Å². The summed E-state index contributed by atoms with van der Waals surface area (Å²) in [7, 11) is 0. The maximum absolute atomic E-state index is 11.5. The van der Waals surface area contributed by atoms with Gasteiger partial charge in [-0.25, -0.2) is 4.79 Å². The molecule has 0 saturated carbocycles. The highest BCUT2D eigenvalue weighted by Gasteiger charge is 2.31. The largest absolute Gasteiger partial charge is 0.444 e. The van der Waals surface area contributed by atoms with Gasteiger partial charge >= 0.3 is 6.09 Å². The third-order valence-electron chi connectivity index (χ3n) is 2.33. The first-order chi connectivity index (χ1) is 7.81. The molecule has 1 aliphatic heterocycles. The maximum Gasteiger partial charge on any atom is 0.407 e. The summed E-state index contributed by atoms with van der Waals surface area (Å²) in [5.41, 5.74) is -0.600. The highest BCUT2D eigenvalue weighted by molar-refractivity contribution is 5.80. The first-order valence-electron chi connectivity index (χ1n) is 5.53. The van der Waals surface area contributed by atoms with Crippen molar-refractivity contribution < 1.29 is 19.1 Å². The number of carbonyl (C=O) groups is 3. The Morgan fingerprint density at radius 2 is 2.18 bits per heavy atom. The Labute approximate surface area is 100 Å². The summed E-state index contributed by atoms with van der Waals surface area (Å²) in [5.74, 6) is -0.579. The van der Waals surface area contributed by atoms with Crippen molar-refractivity contribution in [3.63, 3.8) is 0 Å². The molecule has 0 aliphatic carbocycles. The number of aldehydes is 1. The Bertz CT molecular complexity index is 322. The lowest BCUT2D eigenvalue weighted by Crippen LogP contribution is -2.53. The van der Waals surface area contributed by atoms with Crippen LogP contribution in [0, 0.1) is 5.92 Å². The van der Waals surface area contributed by atoms with Gasteiger partial charge in [-0.05, 0) is 20.8 Å². The van der Waals surface area contributed by atoms with E-state index in [0.29, 0.717) is 0 Å². The molecular weight excluding hydrogens is 224 g/mol. The van der Waals surface area contributed by atoms with E-state index in [9.17, 15) is 14.4 Å². The van der Waals surface area contributed by atoms with Crippen LogP contribution in [-0.4, -0.2) is 36.5 Å². The number of nitrogens with one attached hydrogen (secondary N) is 2. The van der Waals surface area contributed by atoms with Gasteiger partial charge in [0.2, 0.25) is 5.91 Å². The van der Waals surface area contributed by atoms with Gasteiger partial charge in [-0.3, -0.25) is 4.79 Å². The topological polar surface area (TPSA) is 84.5 Å². The second kappa shape index (κ2) is 5.16.